The lowest BCUT2D eigenvalue weighted by molar-refractivity contribution is -0.0471. The van der Waals surface area contributed by atoms with E-state index in [-0.39, 0.29) is 28.9 Å². The number of hydrogen-bond donors (Lipinski definition) is 4. The molecule has 0 amide bonds. The summed E-state index contributed by atoms with van der Waals surface area (Å²) in [5, 5.41) is 20.6. The number of rotatable bonds is 6. The fraction of sp³-hybridized carbons (Fsp3) is 0.583. The van der Waals surface area contributed by atoms with Crippen LogP contribution >= 0.6 is 25.7 Å². The van der Waals surface area contributed by atoms with Gasteiger partial charge in [-0.05, 0) is 23.4 Å². The summed E-state index contributed by atoms with van der Waals surface area (Å²) in [6, 6.07) is 0. The van der Waals surface area contributed by atoms with Gasteiger partial charge in [0, 0.05) is 13.3 Å². The number of hydrogen-bond acceptors (Lipinski definition) is 11. The standard InChI is InChI=1S/C12H18ClN5O7P2S/c1-26(21,22)25-27(2,28)23-3-5-7(19)8(20)11(24-5)18-4-15-6-9(14)16-12(13)17-10(6)18/h4-5,7-8,11,19-20H,3H2,1-2H3,(H,21,22)(H2,14,16,17)/t5-,7?,8+,11-,27?/m1/s1. The van der Waals surface area contributed by atoms with Crippen molar-refractivity contribution in [3.63, 3.8) is 0 Å². The number of nitrogens with zero attached hydrogens (tertiary/aromatic N) is 4. The monoisotopic (exact) mass is 473 g/mol. The second kappa shape index (κ2) is 7.84. The van der Waals surface area contributed by atoms with Gasteiger partial charge in [0.15, 0.2) is 24.2 Å². The van der Waals surface area contributed by atoms with Crippen LogP contribution in [0, 0.1) is 0 Å². The summed E-state index contributed by atoms with van der Waals surface area (Å²) >= 11 is 10.9. The third kappa shape index (κ3) is 4.71. The van der Waals surface area contributed by atoms with Crippen LogP contribution in [0.15, 0.2) is 6.33 Å². The fourth-order valence-corrected chi connectivity index (χ4v) is 6.98. The Morgan fingerprint density at radius 2 is 2.07 bits per heavy atom. The average molecular weight is 474 g/mol. The molecule has 1 aliphatic rings. The molecule has 0 radical (unpaired) electrons. The molecule has 5 N–H and O–H groups in total. The predicted molar refractivity (Wildman–Crippen MR) is 104 cm³/mol. The molecule has 0 bridgehead atoms. The molecular formula is C12H18ClN5O7P2S. The van der Waals surface area contributed by atoms with Crippen LogP contribution in [0.5, 0.6) is 0 Å². The van der Waals surface area contributed by atoms with Crippen molar-refractivity contribution in [2.24, 2.45) is 0 Å². The molecule has 156 valence electrons. The molecule has 1 fully saturated rings. The number of aliphatic hydroxyl groups is 2. The third-order valence-corrected chi connectivity index (χ3v) is 7.91. The summed E-state index contributed by atoms with van der Waals surface area (Å²) in [6.45, 7) is -0.981. The first-order chi connectivity index (χ1) is 12.9. The minimum atomic E-state index is -3.85. The number of halogens is 1. The maximum atomic E-state index is 11.4. The summed E-state index contributed by atoms with van der Waals surface area (Å²) < 4.78 is 28.7. The highest BCUT2D eigenvalue weighted by Gasteiger charge is 2.45. The first kappa shape index (κ1) is 22.0. The van der Waals surface area contributed by atoms with Gasteiger partial charge in [0.1, 0.15) is 23.8 Å². The van der Waals surface area contributed by atoms with E-state index in [4.69, 9.17) is 42.7 Å². The van der Waals surface area contributed by atoms with E-state index < -0.39 is 38.6 Å². The van der Waals surface area contributed by atoms with Gasteiger partial charge in [0.05, 0.1) is 12.9 Å². The Labute approximate surface area is 169 Å². The normalized spacial score (nSPS) is 29.6. The van der Waals surface area contributed by atoms with Gasteiger partial charge in [-0.15, -0.1) is 0 Å². The van der Waals surface area contributed by atoms with Crippen LogP contribution in [0.3, 0.4) is 0 Å². The van der Waals surface area contributed by atoms with Crippen molar-refractivity contribution >= 4 is 54.5 Å². The Morgan fingerprint density at radius 1 is 1.39 bits per heavy atom. The molecule has 16 heteroatoms. The molecule has 3 rings (SSSR count). The van der Waals surface area contributed by atoms with Crippen molar-refractivity contribution in [1.82, 2.24) is 19.5 Å². The Morgan fingerprint density at radius 3 is 2.71 bits per heavy atom. The number of imidazole rings is 1. The van der Waals surface area contributed by atoms with Crippen LogP contribution in [-0.4, -0.2) is 72.9 Å². The molecule has 0 spiro atoms. The van der Waals surface area contributed by atoms with Crippen LogP contribution in [0.1, 0.15) is 6.23 Å². The molecule has 2 aromatic heterocycles. The highest BCUT2D eigenvalue weighted by atomic mass is 35.5. The van der Waals surface area contributed by atoms with Gasteiger partial charge >= 0.3 is 7.60 Å². The van der Waals surface area contributed by atoms with Crippen LogP contribution in [0.2, 0.25) is 5.28 Å². The summed E-state index contributed by atoms with van der Waals surface area (Å²) in [7, 11) is -3.85. The molecule has 3 unspecified atom stereocenters. The lowest BCUT2D eigenvalue weighted by Gasteiger charge is -2.22. The zero-order chi connectivity index (χ0) is 20.9. The Hall–Kier alpha value is -0.720. The smallest absolute Gasteiger partial charge is 0.330 e. The lowest BCUT2D eigenvalue weighted by atomic mass is 10.1. The first-order valence-corrected chi connectivity index (χ1v) is 13.3. The van der Waals surface area contributed by atoms with E-state index in [1.165, 1.54) is 17.6 Å². The molecule has 28 heavy (non-hydrogen) atoms. The second-order valence-electron chi connectivity index (χ2n) is 6.20. The maximum absolute atomic E-state index is 11.4. The van der Waals surface area contributed by atoms with Crippen LogP contribution in [-0.2, 0) is 29.9 Å². The molecule has 3 heterocycles. The van der Waals surface area contributed by atoms with Crippen molar-refractivity contribution in [3.8, 4) is 0 Å². The van der Waals surface area contributed by atoms with Gasteiger partial charge < -0.3 is 30.1 Å². The summed E-state index contributed by atoms with van der Waals surface area (Å²) in [5.41, 5.74) is 6.23. The molecule has 1 aliphatic heterocycles. The number of ether oxygens (including phenoxy) is 1. The predicted octanol–water partition coefficient (Wildman–Crippen LogP) is 0.469. The van der Waals surface area contributed by atoms with Gasteiger partial charge in [0.25, 0.3) is 0 Å². The number of nitrogens with two attached hydrogens (primary N) is 1. The molecule has 0 aliphatic carbocycles. The zero-order valence-corrected chi connectivity index (χ0v) is 18.0. The zero-order valence-electron chi connectivity index (χ0n) is 14.6. The largest absolute Gasteiger partial charge is 0.387 e. The number of anilines is 1. The second-order valence-corrected chi connectivity index (χ2v) is 12.6. The molecule has 6 atom stereocenters. The van der Waals surface area contributed by atoms with E-state index >= 15 is 0 Å². The lowest BCUT2D eigenvalue weighted by Crippen LogP contribution is -2.33. The number of nitrogen functional groups attached to an aromatic ring is 1. The molecule has 0 aromatic carbocycles. The van der Waals surface area contributed by atoms with Crippen molar-refractivity contribution in [1.29, 1.82) is 0 Å². The van der Waals surface area contributed by atoms with Crippen LogP contribution in [0.4, 0.5) is 5.82 Å². The average Bonchev–Trinajstić information content (AvgIpc) is 3.06. The van der Waals surface area contributed by atoms with Crippen molar-refractivity contribution in [2.75, 3.05) is 25.7 Å². The van der Waals surface area contributed by atoms with Gasteiger partial charge in [-0.3, -0.25) is 13.4 Å². The fourth-order valence-electron chi connectivity index (χ4n) is 2.70. The van der Waals surface area contributed by atoms with E-state index in [0.717, 1.165) is 6.66 Å². The summed E-state index contributed by atoms with van der Waals surface area (Å²) in [4.78, 5) is 21.2. The number of aromatic nitrogens is 4. The topological polar surface area (TPSA) is 175 Å². The molecule has 12 nitrogen and oxygen atoms in total. The molecule has 2 aromatic rings. The van der Waals surface area contributed by atoms with Gasteiger partial charge in [-0.25, -0.2) is 4.98 Å². The van der Waals surface area contributed by atoms with E-state index in [1.54, 1.807) is 0 Å². The highest BCUT2D eigenvalue weighted by molar-refractivity contribution is 8.11. The van der Waals surface area contributed by atoms with Gasteiger partial charge in [0.2, 0.25) is 5.28 Å². The van der Waals surface area contributed by atoms with E-state index in [9.17, 15) is 19.7 Å². The van der Waals surface area contributed by atoms with Crippen molar-refractivity contribution in [3.05, 3.63) is 11.6 Å². The molecular weight excluding hydrogens is 456 g/mol. The Bertz CT molecular complexity index is 987. The van der Waals surface area contributed by atoms with Crippen LogP contribution in [0.25, 0.3) is 11.2 Å². The van der Waals surface area contributed by atoms with Gasteiger partial charge in [-0.1, -0.05) is 0 Å². The number of aliphatic hydroxyl groups excluding tert-OH is 2. The summed E-state index contributed by atoms with van der Waals surface area (Å²) in [5.74, 6) is 0.0542. The highest BCUT2D eigenvalue weighted by Crippen LogP contribution is 2.58. The Kier molecular flexibility index (Phi) is 6.15. The SMILES string of the molecule is CP(=O)(O)OP(C)(=S)OC[C@H]1O[C@@H](n2cnc3c(N)nc(Cl)nc32)[C@@H](O)C1O. The third-order valence-electron chi connectivity index (χ3n) is 3.81. The van der Waals surface area contributed by atoms with E-state index in [1.807, 2.05) is 0 Å². The minimum absolute atomic E-state index is 0.0542. The van der Waals surface area contributed by atoms with Crippen LogP contribution < -0.4 is 5.73 Å². The first-order valence-electron chi connectivity index (χ1n) is 7.79. The van der Waals surface area contributed by atoms with E-state index in [0.29, 0.717) is 0 Å². The quantitative estimate of drug-likeness (QED) is 0.337. The Balaban J connectivity index is 1.78. The molecule has 1 saturated heterocycles. The number of fused-ring (bicyclic) bond motifs is 1. The summed E-state index contributed by atoms with van der Waals surface area (Å²) in [6.07, 6.45) is -3.43. The van der Waals surface area contributed by atoms with Crippen molar-refractivity contribution in [2.45, 2.75) is 24.5 Å². The van der Waals surface area contributed by atoms with Crippen molar-refractivity contribution < 1.29 is 33.2 Å². The molecule has 0 saturated carbocycles. The van der Waals surface area contributed by atoms with E-state index in [2.05, 4.69) is 15.0 Å². The minimum Gasteiger partial charge on any atom is -0.387 e. The van der Waals surface area contributed by atoms with Gasteiger partial charge in [-0.2, -0.15) is 9.97 Å². The maximum Gasteiger partial charge on any atom is 0.330 e.